The van der Waals surface area contributed by atoms with Gasteiger partial charge in [0.2, 0.25) is 5.89 Å². The third-order valence-corrected chi connectivity index (χ3v) is 3.87. The molecule has 7 nitrogen and oxygen atoms in total. The molecule has 0 unspecified atom stereocenters. The summed E-state index contributed by atoms with van der Waals surface area (Å²) in [6.45, 7) is 0. The molecule has 4 rings (SSSR count). The number of oxazole rings is 1. The summed E-state index contributed by atoms with van der Waals surface area (Å²) in [6, 6.07) is 10.3. The molecule has 2 heterocycles. The van der Waals surface area contributed by atoms with Gasteiger partial charge in [-0.15, -0.1) is 0 Å². The Kier molecular flexibility index (Phi) is 3.62. The van der Waals surface area contributed by atoms with Crippen LogP contribution in [-0.2, 0) is 4.79 Å². The number of carbonyl (C=O) groups is 1. The van der Waals surface area contributed by atoms with E-state index in [-0.39, 0.29) is 17.2 Å². The molecule has 2 aromatic heterocycles. The van der Waals surface area contributed by atoms with E-state index in [1.807, 2.05) is 0 Å². The molecular formula is C17H11ClN4O3. The van der Waals surface area contributed by atoms with Crippen molar-refractivity contribution in [1.82, 2.24) is 15.0 Å². The van der Waals surface area contributed by atoms with Crippen molar-refractivity contribution in [2.75, 3.05) is 5.32 Å². The maximum absolute atomic E-state index is 11.4. The van der Waals surface area contributed by atoms with E-state index in [0.717, 1.165) is 0 Å². The molecule has 0 saturated carbocycles. The van der Waals surface area contributed by atoms with Crippen molar-refractivity contribution in [2.24, 2.45) is 0 Å². The molecule has 0 aliphatic carbocycles. The second-order valence-electron chi connectivity index (χ2n) is 5.33. The number of benzene rings is 2. The number of hydrogen-bond donors (Lipinski definition) is 3. The number of aromatic amines is 2. The van der Waals surface area contributed by atoms with Gasteiger partial charge in [-0.1, -0.05) is 11.6 Å². The van der Waals surface area contributed by atoms with Gasteiger partial charge in [-0.25, -0.2) is 9.78 Å². The van der Waals surface area contributed by atoms with Gasteiger partial charge in [0.1, 0.15) is 5.52 Å². The lowest BCUT2D eigenvalue weighted by atomic mass is 10.2. The van der Waals surface area contributed by atoms with E-state index in [9.17, 15) is 9.59 Å². The van der Waals surface area contributed by atoms with Gasteiger partial charge in [-0.2, -0.15) is 0 Å². The number of rotatable bonds is 4. The Hall–Kier alpha value is -3.32. The highest BCUT2D eigenvalue weighted by molar-refractivity contribution is 6.31. The van der Waals surface area contributed by atoms with E-state index in [1.54, 1.807) is 36.4 Å². The van der Waals surface area contributed by atoms with Gasteiger partial charge in [0, 0.05) is 16.9 Å². The van der Waals surface area contributed by atoms with Crippen molar-refractivity contribution in [3.05, 3.63) is 64.0 Å². The van der Waals surface area contributed by atoms with Crippen LogP contribution in [-0.4, -0.2) is 21.2 Å². The zero-order chi connectivity index (χ0) is 17.4. The van der Waals surface area contributed by atoms with E-state index in [1.165, 1.54) is 6.20 Å². The molecule has 4 aromatic rings. The Morgan fingerprint density at radius 3 is 2.84 bits per heavy atom. The normalized spacial score (nSPS) is 12.0. The monoisotopic (exact) mass is 354 g/mol. The van der Waals surface area contributed by atoms with Crippen molar-refractivity contribution in [3.63, 3.8) is 0 Å². The smallest absolute Gasteiger partial charge is 0.323 e. The molecule has 0 spiro atoms. The second-order valence-corrected chi connectivity index (χ2v) is 5.77. The molecule has 0 aliphatic rings. The molecule has 2 aromatic carbocycles. The number of halogens is 1. The summed E-state index contributed by atoms with van der Waals surface area (Å²) in [6.07, 6.45) is 2.14. The number of H-pyrrole nitrogens is 2. The third kappa shape index (κ3) is 2.92. The number of carbonyl (C=O) groups excluding carboxylic acids is 1. The van der Waals surface area contributed by atoms with Crippen LogP contribution < -0.4 is 11.0 Å². The molecule has 0 atom stereocenters. The summed E-state index contributed by atoms with van der Waals surface area (Å²) in [5.41, 5.74) is 3.14. The lowest BCUT2D eigenvalue weighted by Gasteiger charge is -2.01. The number of anilines is 1. The second kappa shape index (κ2) is 5.95. The first kappa shape index (κ1) is 15.2. The molecule has 8 heteroatoms. The van der Waals surface area contributed by atoms with Crippen molar-refractivity contribution in [3.8, 4) is 0 Å². The van der Waals surface area contributed by atoms with Gasteiger partial charge >= 0.3 is 5.69 Å². The average Bonchev–Trinajstić information content (AvgIpc) is 3.16. The van der Waals surface area contributed by atoms with Crippen LogP contribution in [0.3, 0.4) is 0 Å². The van der Waals surface area contributed by atoms with Crippen LogP contribution in [0.5, 0.6) is 0 Å². The first-order valence-corrected chi connectivity index (χ1v) is 7.70. The molecular weight excluding hydrogens is 344 g/mol. The molecule has 0 saturated heterocycles. The maximum Gasteiger partial charge on any atom is 0.323 e. The Balaban J connectivity index is 1.66. The number of nitrogens with zero attached hydrogens (tertiary/aromatic N) is 1. The Bertz CT molecular complexity index is 1190. The van der Waals surface area contributed by atoms with Crippen LogP contribution >= 0.6 is 11.6 Å². The van der Waals surface area contributed by atoms with Crippen LogP contribution in [0.2, 0.25) is 5.02 Å². The maximum atomic E-state index is 11.4. The minimum Gasteiger partial charge on any atom is -0.436 e. The molecule has 0 radical (unpaired) electrons. The lowest BCUT2D eigenvalue weighted by molar-refractivity contribution is -0.103. The molecule has 25 heavy (non-hydrogen) atoms. The van der Waals surface area contributed by atoms with Crippen LogP contribution in [0.15, 0.2) is 51.8 Å². The third-order valence-electron chi connectivity index (χ3n) is 3.63. The zero-order valence-corrected chi connectivity index (χ0v) is 13.4. The first-order chi connectivity index (χ1) is 12.1. The highest BCUT2D eigenvalue weighted by Gasteiger charge is 2.11. The van der Waals surface area contributed by atoms with E-state index in [2.05, 4.69) is 20.3 Å². The Morgan fingerprint density at radius 2 is 2.00 bits per heavy atom. The number of aldehydes is 1. The standard InChI is InChI=1S/C17H11ClN4O3/c18-10-1-4-15-14(5-10)20-16(25-15)9(8-23)7-19-11-2-3-12-13(6-11)22-17(24)21-12/h1-8,19H,(H2,21,22,24)/b9-7+. The molecule has 0 amide bonds. The first-order valence-electron chi connectivity index (χ1n) is 7.33. The predicted molar refractivity (Wildman–Crippen MR) is 95.6 cm³/mol. The summed E-state index contributed by atoms with van der Waals surface area (Å²) in [5, 5.41) is 3.53. The molecule has 0 bridgehead atoms. The average molecular weight is 355 g/mol. The number of allylic oxidation sites excluding steroid dienone is 1. The largest absolute Gasteiger partial charge is 0.436 e. The van der Waals surface area contributed by atoms with Crippen LogP contribution in [0, 0.1) is 0 Å². The number of aromatic nitrogens is 3. The number of hydrogen-bond acceptors (Lipinski definition) is 5. The molecule has 0 fully saturated rings. The quantitative estimate of drug-likeness (QED) is 0.385. The van der Waals surface area contributed by atoms with Crippen molar-refractivity contribution >= 4 is 51.3 Å². The molecule has 3 N–H and O–H groups in total. The fourth-order valence-corrected chi connectivity index (χ4v) is 2.62. The lowest BCUT2D eigenvalue weighted by Crippen LogP contribution is -1.99. The summed E-state index contributed by atoms with van der Waals surface area (Å²) in [5.74, 6) is 0.191. The minimum atomic E-state index is -0.276. The van der Waals surface area contributed by atoms with E-state index >= 15 is 0 Å². The van der Waals surface area contributed by atoms with Gasteiger partial charge < -0.3 is 19.7 Å². The van der Waals surface area contributed by atoms with Gasteiger partial charge in [0.15, 0.2) is 11.9 Å². The molecule has 124 valence electrons. The zero-order valence-electron chi connectivity index (χ0n) is 12.7. The Labute approximate surface area is 145 Å². The Morgan fingerprint density at radius 1 is 1.16 bits per heavy atom. The summed E-state index contributed by atoms with van der Waals surface area (Å²) in [4.78, 5) is 32.3. The van der Waals surface area contributed by atoms with E-state index in [4.69, 9.17) is 16.0 Å². The summed E-state index contributed by atoms with van der Waals surface area (Å²) < 4.78 is 5.58. The van der Waals surface area contributed by atoms with Gasteiger partial charge in [-0.3, -0.25) is 4.79 Å². The minimum absolute atomic E-state index is 0.191. The van der Waals surface area contributed by atoms with Gasteiger partial charge in [0.05, 0.1) is 16.6 Å². The topological polar surface area (TPSA) is 104 Å². The predicted octanol–water partition coefficient (Wildman–Crippen LogP) is 3.30. The van der Waals surface area contributed by atoms with Crippen LogP contribution in [0.25, 0.3) is 27.7 Å². The van der Waals surface area contributed by atoms with E-state index < -0.39 is 0 Å². The highest BCUT2D eigenvalue weighted by atomic mass is 35.5. The summed E-state index contributed by atoms with van der Waals surface area (Å²) in [7, 11) is 0. The molecule has 0 aliphatic heterocycles. The summed E-state index contributed by atoms with van der Waals surface area (Å²) >= 11 is 5.93. The van der Waals surface area contributed by atoms with Crippen molar-refractivity contribution in [1.29, 1.82) is 0 Å². The number of imidazole rings is 1. The van der Waals surface area contributed by atoms with Gasteiger partial charge in [0.25, 0.3) is 0 Å². The van der Waals surface area contributed by atoms with Gasteiger partial charge in [-0.05, 0) is 36.4 Å². The SMILES string of the molecule is O=C/C(=C\Nc1ccc2[nH]c(=O)[nH]c2c1)c1nc2cc(Cl)ccc2o1. The fraction of sp³-hybridized carbons (Fsp3) is 0. The van der Waals surface area contributed by atoms with Crippen molar-refractivity contribution in [2.45, 2.75) is 0 Å². The van der Waals surface area contributed by atoms with Crippen LogP contribution in [0.4, 0.5) is 5.69 Å². The highest BCUT2D eigenvalue weighted by Crippen LogP contribution is 2.23. The number of fused-ring (bicyclic) bond motifs is 2. The van der Waals surface area contributed by atoms with Crippen LogP contribution in [0.1, 0.15) is 5.89 Å². The van der Waals surface area contributed by atoms with E-state index in [0.29, 0.717) is 39.1 Å². The fourth-order valence-electron chi connectivity index (χ4n) is 2.45. The van der Waals surface area contributed by atoms with Crippen molar-refractivity contribution < 1.29 is 9.21 Å². The number of nitrogens with one attached hydrogen (secondary N) is 3.